The SMILES string of the molecule is CCc1cc(Cl)nc(C(F)(F)F)c1. The molecule has 0 saturated carbocycles. The van der Waals surface area contributed by atoms with Gasteiger partial charge in [-0.25, -0.2) is 4.98 Å². The first-order valence-corrected chi connectivity index (χ1v) is 4.05. The van der Waals surface area contributed by atoms with Crippen molar-refractivity contribution in [2.24, 2.45) is 0 Å². The third-order valence-electron chi connectivity index (χ3n) is 1.55. The van der Waals surface area contributed by atoms with Crippen LogP contribution in [0.15, 0.2) is 12.1 Å². The molecule has 0 bridgehead atoms. The van der Waals surface area contributed by atoms with E-state index in [1.807, 2.05) is 0 Å². The molecule has 1 heterocycles. The Hall–Kier alpha value is -0.770. The van der Waals surface area contributed by atoms with E-state index in [1.165, 1.54) is 6.07 Å². The van der Waals surface area contributed by atoms with E-state index in [-0.39, 0.29) is 5.15 Å². The van der Waals surface area contributed by atoms with Gasteiger partial charge in [-0.05, 0) is 24.1 Å². The molecule has 1 aromatic rings. The highest BCUT2D eigenvalue weighted by molar-refractivity contribution is 6.29. The minimum Gasteiger partial charge on any atom is -0.232 e. The Morgan fingerprint density at radius 1 is 1.38 bits per heavy atom. The van der Waals surface area contributed by atoms with Crippen LogP contribution in [0.25, 0.3) is 0 Å². The van der Waals surface area contributed by atoms with Gasteiger partial charge < -0.3 is 0 Å². The van der Waals surface area contributed by atoms with Crippen molar-refractivity contribution in [3.63, 3.8) is 0 Å². The third-order valence-corrected chi connectivity index (χ3v) is 1.75. The second kappa shape index (κ2) is 3.54. The van der Waals surface area contributed by atoms with E-state index in [4.69, 9.17) is 11.6 Å². The van der Waals surface area contributed by atoms with Gasteiger partial charge in [-0.2, -0.15) is 13.2 Å². The molecule has 0 aliphatic rings. The number of hydrogen-bond donors (Lipinski definition) is 0. The number of aryl methyl sites for hydroxylation is 1. The number of pyridine rings is 1. The maximum atomic E-state index is 12.2. The van der Waals surface area contributed by atoms with Gasteiger partial charge in [0.1, 0.15) is 10.8 Å². The van der Waals surface area contributed by atoms with Gasteiger partial charge in [0.15, 0.2) is 0 Å². The van der Waals surface area contributed by atoms with Gasteiger partial charge in [0.25, 0.3) is 0 Å². The first kappa shape index (κ1) is 10.3. The van der Waals surface area contributed by atoms with Crippen molar-refractivity contribution >= 4 is 11.6 Å². The minimum atomic E-state index is -4.42. The summed E-state index contributed by atoms with van der Waals surface area (Å²) < 4.78 is 36.5. The minimum absolute atomic E-state index is 0.119. The van der Waals surface area contributed by atoms with Gasteiger partial charge in [0.05, 0.1) is 0 Å². The van der Waals surface area contributed by atoms with E-state index < -0.39 is 11.9 Å². The van der Waals surface area contributed by atoms with Gasteiger partial charge in [-0.3, -0.25) is 0 Å². The Kier molecular flexibility index (Phi) is 2.81. The van der Waals surface area contributed by atoms with Crippen LogP contribution in [0.2, 0.25) is 5.15 Å². The number of halogens is 4. The second-order valence-corrected chi connectivity index (χ2v) is 2.92. The number of alkyl halides is 3. The van der Waals surface area contributed by atoms with Crippen LogP contribution >= 0.6 is 11.6 Å². The summed E-state index contributed by atoms with van der Waals surface area (Å²) in [7, 11) is 0. The maximum absolute atomic E-state index is 12.2. The number of aromatic nitrogens is 1. The van der Waals surface area contributed by atoms with Gasteiger partial charge in [-0.15, -0.1) is 0 Å². The van der Waals surface area contributed by atoms with Crippen molar-refractivity contribution in [3.8, 4) is 0 Å². The molecule has 13 heavy (non-hydrogen) atoms. The van der Waals surface area contributed by atoms with E-state index in [0.717, 1.165) is 6.07 Å². The Morgan fingerprint density at radius 3 is 2.46 bits per heavy atom. The molecule has 1 aromatic heterocycles. The smallest absolute Gasteiger partial charge is 0.232 e. The van der Waals surface area contributed by atoms with Crippen molar-refractivity contribution in [1.29, 1.82) is 0 Å². The average molecular weight is 210 g/mol. The van der Waals surface area contributed by atoms with Crippen molar-refractivity contribution in [3.05, 3.63) is 28.5 Å². The molecule has 0 atom stereocenters. The monoisotopic (exact) mass is 209 g/mol. The van der Waals surface area contributed by atoms with Crippen molar-refractivity contribution in [2.75, 3.05) is 0 Å². The van der Waals surface area contributed by atoms with E-state index in [2.05, 4.69) is 4.98 Å². The highest BCUT2D eigenvalue weighted by Crippen LogP contribution is 2.29. The van der Waals surface area contributed by atoms with E-state index in [0.29, 0.717) is 12.0 Å². The fraction of sp³-hybridized carbons (Fsp3) is 0.375. The molecule has 1 nitrogen and oxygen atoms in total. The lowest BCUT2D eigenvalue weighted by atomic mass is 10.2. The van der Waals surface area contributed by atoms with Gasteiger partial charge in [0.2, 0.25) is 0 Å². The number of rotatable bonds is 1. The molecule has 0 fully saturated rings. The molecule has 0 N–H and O–H groups in total. The molecule has 5 heteroatoms. The lowest BCUT2D eigenvalue weighted by Gasteiger charge is -2.07. The molecule has 0 saturated heterocycles. The standard InChI is InChI=1S/C8H7ClF3N/c1-2-5-3-6(8(10,11)12)13-7(9)4-5/h3-4H,2H2,1H3. The van der Waals surface area contributed by atoms with Gasteiger partial charge in [-0.1, -0.05) is 18.5 Å². The third kappa shape index (κ3) is 2.59. The zero-order valence-corrected chi connectivity index (χ0v) is 7.58. The lowest BCUT2D eigenvalue weighted by molar-refractivity contribution is -0.141. The van der Waals surface area contributed by atoms with Crippen LogP contribution in [0.3, 0.4) is 0 Å². The number of hydrogen-bond acceptors (Lipinski definition) is 1. The summed E-state index contributed by atoms with van der Waals surface area (Å²) in [5.41, 5.74) is -0.399. The molecule has 72 valence electrons. The summed E-state index contributed by atoms with van der Waals surface area (Å²) in [6.45, 7) is 1.76. The summed E-state index contributed by atoms with van der Waals surface area (Å²) in [6, 6.07) is 2.43. The largest absolute Gasteiger partial charge is 0.433 e. The predicted octanol–water partition coefficient (Wildman–Crippen LogP) is 3.32. The second-order valence-electron chi connectivity index (χ2n) is 2.53. The molecular weight excluding hydrogens is 203 g/mol. The van der Waals surface area contributed by atoms with Gasteiger partial charge in [0, 0.05) is 0 Å². The van der Waals surface area contributed by atoms with Gasteiger partial charge >= 0.3 is 6.18 Å². The Bertz CT molecular complexity index is 309. The molecule has 0 amide bonds. The first-order valence-electron chi connectivity index (χ1n) is 3.67. The van der Waals surface area contributed by atoms with Crippen molar-refractivity contribution < 1.29 is 13.2 Å². The van der Waals surface area contributed by atoms with Crippen LogP contribution in [0.5, 0.6) is 0 Å². The molecule has 0 aliphatic carbocycles. The maximum Gasteiger partial charge on any atom is 0.433 e. The summed E-state index contributed by atoms with van der Waals surface area (Å²) in [6.07, 6.45) is -3.92. The normalized spacial score (nSPS) is 11.8. The van der Waals surface area contributed by atoms with Crippen LogP contribution < -0.4 is 0 Å². The van der Waals surface area contributed by atoms with Crippen molar-refractivity contribution in [1.82, 2.24) is 4.98 Å². The molecule has 0 aliphatic heterocycles. The summed E-state index contributed by atoms with van der Waals surface area (Å²) in [5, 5.41) is -0.119. The zero-order chi connectivity index (χ0) is 10.1. The van der Waals surface area contributed by atoms with E-state index in [9.17, 15) is 13.2 Å². The van der Waals surface area contributed by atoms with E-state index in [1.54, 1.807) is 6.92 Å². The average Bonchev–Trinajstić information content (AvgIpc) is 2.01. The Balaban J connectivity index is 3.16. The summed E-state index contributed by atoms with van der Waals surface area (Å²) >= 11 is 5.42. The molecule has 0 radical (unpaired) electrons. The molecular formula is C8H7ClF3N. The van der Waals surface area contributed by atoms with Crippen LogP contribution in [0.4, 0.5) is 13.2 Å². The number of nitrogens with zero attached hydrogens (tertiary/aromatic N) is 1. The fourth-order valence-corrected chi connectivity index (χ4v) is 1.13. The summed E-state index contributed by atoms with van der Waals surface area (Å²) in [5.74, 6) is 0. The van der Waals surface area contributed by atoms with Crippen molar-refractivity contribution in [2.45, 2.75) is 19.5 Å². The quantitative estimate of drug-likeness (QED) is 0.647. The lowest BCUT2D eigenvalue weighted by Crippen LogP contribution is -2.08. The van der Waals surface area contributed by atoms with Crippen LogP contribution in [-0.4, -0.2) is 4.98 Å². The van der Waals surface area contributed by atoms with Crippen LogP contribution in [0.1, 0.15) is 18.2 Å². The highest BCUT2D eigenvalue weighted by atomic mass is 35.5. The highest BCUT2D eigenvalue weighted by Gasteiger charge is 2.32. The Morgan fingerprint density at radius 2 is 2.00 bits per heavy atom. The van der Waals surface area contributed by atoms with Crippen LogP contribution in [0, 0.1) is 0 Å². The Labute approximate surface area is 78.5 Å². The molecule has 0 unspecified atom stereocenters. The molecule has 0 spiro atoms. The zero-order valence-electron chi connectivity index (χ0n) is 6.82. The topological polar surface area (TPSA) is 12.9 Å². The van der Waals surface area contributed by atoms with Crippen LogP contribution in [-0.2, 0) is 12.6 Å². The summed E-state index contributed by atoms with van der Waals surface area (Å²) in [4.78, 5) is 3.19. The molecule has 0 aromatic carbocycles. The van der Waals surface area contributed by atoms with E-state index >= 15 is 0 Å². The first-order chi connectivity index (χ1) is 5.93. The predicted molar refractivity (Wildman–Crippen MR) is 43.6 cm³/mol. The molecule has 1 rings (SSSR count). The fourth-order valence-electron chi connectivity index (χ4n) is 0.899.